The third-order valence-corrected chi connectivity index (χ3v) is 3.66. The van der Waals surface area contributed by atoms with Crippen LogP contribution in [-0.2, 0) is 16.6 Å². The maximum Gasteiger partial charge on any atom is 0.232 e. The van der Waals surface area contributed by atoms with E-state index in [2.05, 4.69) is 4.98 Å². The lowest BCUT2D eigenvalue weighted by atomic mass is 9.78. The highest BCUT2D eigenvalue weighted by molar-refractivity contribution is 6.65. The van der Waals surface area contributed by atoms with Gasteiger partial charge in [-0.05, 0) is 60.3 Å². The molecular formula is C15H12ClF2NO. The van der Waals surface area contributed by atoms with Gasteiger partial charge < -0.3 is 0 Å². The number of hydrogen-bond donors (Lipinski definition) is 0. The van der Waals surface area contributed by atoms with Crippen LogP contribution in [0.25, 0.3) is 0 Å². The van der Waals surface area contributed by atoms with Gasteiger partial charge in [0.1, 0.15) is 11.6 Å². The van der Waals surface area contributed by atoms with Crippen molar-refractivity contribution in [3.63, 3.8) is 0 Å². The molecule has 0 spiro atoms. The highest BCUT2D eigenvalue weighted by Crippen LogP contribution is 2.31. The van der Waals surface area contributed by atoms with E-state index in [0.29, 0.717) is 0 Å². The SMILES string of the molecule is CC(Cc1ccncc1)(C(=O)Cl)c1cc(F)cc(F)c1. The molecule has 2 aromatic rings. The molecule has 0 saturated carbocycles. The van der Waals surface area contributed by atoms with E-state index < -0.39 is 22.3 Å². The molecule has 0 bridgehead atoms. The van der Waals surface area contributed by atoms with E-state index in [1.807, 2.05) is 0 Å². The van der Waals surface area contributed by atoms with E-state index in [1.54, 1.807) is 31.5 Å². The molecule has 5 heteroatoms. The van der Waals surface area contributed by atoms with E-state index in [1.165, 1.54) is 0 Å². The first kappa shape index (κ1) is 14.6. The summed E-state index contributed by atoms with van der Waals surface area (Å²) in [6.45, 7) is 1.57. The number of halogens is 3. The van der Waals surface area contributed by atoms with Crippen LogP contribution >= 0.6 is 11.6 Å². The second-order valence-corrected chi connectivity index (χ2v) is 5.14. The lowest BCUT2D eigenvalue weighted by Crippen LogP contribution is -2.32. The van der Waals surface area contributed by atoms with Crippen LogP contribution in [0.2, 0.25) is 0 Å². The highest BCUT2D eigenvalue weighted by atomic mass is 35.5. The Bertz CT molecular complexity index is 613. The van der Waals surface area contributed by atoms with Crippen LogP contribution in [0.5, 0.6) is 0 Å². The van der Waals surface area contributed by atoms with Crippen LogP contribution in [0.1, 0.15) is 18.1 Å². The van der Waals surface area contributed by atoms with E-state index in [4.69, 9.17) is 11.6 Å². The van der Waals surface area contributed by atoms with Gasteiger partial charge in [0.05, 0.1) is 5.41 Å². The summed E-state index contributed by atoms with van der Waals surface area (Å²) < 4.78 is 26.7. The lowest BCUT2D eigenvalue weighted by Gasteiger charge is -2.26. The molecule has 0 saturated heterocycles. The number of pyridine rings is 1. The summed E-state index contributed by atoms with van der Waals surface area (Å²) in [6.07, 6.45) is 3.40. The van der Waals surface area contributed by atoms with Gasteiger partial charge >= 0.3 is 0 Å². The molecule has 1 heterocycles. The number of carbonyl (C=O) groups is 1. The Morgan fingerprint density at radius 3 is 2.25 bits per heavy atom. The number of hydrogen-bond acceptors (Lipinski definition) is 2. The lowest BCUT2D eigenvalue weighted by molar-refractivity contribution is -0.116. The number of aromatic nitrogens is 1. The van der Waals surface area contributed by atoms with Gasteiger partial charge in [-0.25, -0.2) is 8.78 Å². The van der Waals surface area contributed by atoms with Crippen LogP contribution in [-0.4, -0.2) is 10.2 Å². The smallest absolute Gasteiger partial charge is 0.232 e. The fourth-order valence-electron chi connectivity index (χ4n) is 2.07. The molecule has 1 unspecified atom stereocenters. The van der Waals surface area contributed by atoms with Gasteiger partial charge in [-0.2, -0.15) is 0 Å². The van der Waals surface area contributed by atoms with Crippen molar-refractivity contribution in [2.24, 2.45) is 0 Å². The van der Waals surface area contributed by atoms with Crippen molar-refractivity contribution in [1.82, 2.24) is 4.98 Å². The summed E-state index contributed by atoms with van der Waals surface area (Å²) in [7, 11) is 0. The van der Waals surface area contributed by atoms with Gasteiger partial charge in [-0.1, -0.05) is 0 Å². The predicted molar refractivity (Wildman–Crippen MR) is 72.5 cm³/mol. The topological polar surface area (TPSA) is 30.0 Å². The Morgan fingerprint density at radius 2 is 1.75 bits per heavy atom. The van der Waals surface area contributed by atoms with E-state index >= 15 is 0 Å². The monoisotopic (exact) mass is 295 g/mol. The minimum absolute atomic E-state index is 0.215. The summed E-state index contributed by atoms with van der Waals surface area (Å²) in [5.41, 5.74) is -0.181. The van der Waals surface area contributed by atoms with Crippen molar-refractivity contribution >= 4 is 16.8 Å². The molecule has 2 nitrogen and oxygen atoms in total. The fraction of sp³-hybridized carbons (Fsp3) is 0.200. The molecular weight excluding hydrogens is 284 g/mol. The van der Waals surface area contributed by atoms with Crippen molar-refractivity contribution < 1.29 is 13.6 Å². The van der Waals surface area contributed by atoms with Crippen LogP contribution in [0.3, 0.4) is 0 Å². The van der Waals surface area contributed by atoms with E-state index in [9.17, 15) is 13.6 Å². The maximum absolute atomic E-state index is 13.4. The third-order valence-electron chi connectivity index (χ3n) is 3.24. The molecule has 0 aliphatic rings. The van der Waals surface area contributed by atoms with Crippen molar-refractivity contribution in [3.8, 4) is 0 Å². The van der Waals surface area contributed by atoms with Gasteiger partial charge in [0.25, 0.3) is 0 Å². The summed E-state index contributed by atoms with van der Waals surface area (Å²) in [6, 6.07) is 6.48. The number of carbonyl (C=O) groups excluding carboxylic acids is 1. The molecule has 0 aliphatic heterocycles. The molecule has 20 heavy (non-hydrogen) atoms. The zero-order valence-electron chi connectivity index (χ0n) is 10.7. The number of nitrogens with zero attached hydrogens (tertiary/aromatic N) is 1. The molecule has 1 aromatic carbocycles. The Balaban J connectivity index is 2.46. The molecule has 2 rings (SSSR count). The van der Waals surface area contributed by atoms with Crippen molar-refractivity contribution in [2.75, 3.05) is 0 Å². The Kier molecular flexibility index (Phi) is 4.14. The Morgan fingerprint density at radius 1 is 1.20 bits per heavy atom. The minimum atomic E-state index is -1.20. The Labute approximate surface area is 120 Å². The highest BCUT2D eigenvalue weighted by Gasteiger charge is 2.35. The largest absolute Gasteiger partial charge is 0.280 e. The first-order valence-electron chi connectivity index (χ1n) is 5.97. The van der Waals surface area contributed by atoms with Crippen molar-refractivity contribution in [2.45, 2.75) is 18.8 Å². The molecule has 104 valence electrons. The van der Waals surface area contributed by atoms with E-state index in [-0.39, 0.29) is 12.0 Å². The van der Waals surface area contributed by atoms with Crippen molar-refractivity contribution in [3.05, 3.63) is 65.5 Å². The third kappa shape index (κ3) is 3.02. The van der Waals surface area contributed by atoms with Crippen LogP contribution < -0.4 is 0 Å². The molecule has 1 atom stereocenters. The molecule has 0 radical (unpaired) electrons. The first-order valence-corrected chi connectivity index (χ1v) is 6.35. The number of benzene rings is 1. The van der Waals surface area contributed by atoms with Crippen molar-refractivity contribution in [1.29, 1.82) is 0 Å². The van der Waals surface area contributed by atoms with E-state index in [0.717, 1.165) is 23.8 Å². The molecule has 0 N–H and O–H groups in total. The summed E-state index contributed by atoms with van der Waals surface area (Å²) in [4.78, 5) is 15.7. The average Bonchev–Trinajstić information content (AvgIpc) is 2.38. The molecule has 0 amide bonds. The summed E-state index contributed by atoms with van der Waals surface area (Å²) in [5, 5.41) is -0.667. The second-order valence-electron chi connectivity index (χ2n) is 4.80. The van der Waals surface area contributed by atoms with Crippen LogP contribution in [0.4, 0.5) is 8.78 Å². The quantitative estimate of drug-likeness (QED) is 0.806. The Hall–Kier alpha value is -1.81. The normalized spacial score (nSPS) is 13.8. The van der Waals surface area contributed by atoms with Gasteiger partial charge in [-0.3, -0.25) is 9.78 Å². The molecule has 1 aromatic heterocycles. The zero-order chi connectivity index (χ0) is 14.8. The van der Waals surface area contributed by atoms with Gasteiger partial charge in [0, 0.05) is 18.5 Å². The zero-order valence-corrected chi connectivity index (χ0v) is 11.5. The summed E-state index contributed by atoms with van der Waals surface area (Å²) >= 11 is 5.67. The summed E-state index contributed by atoms with van der Waals surface area (Å²) in [5.74, 6) is -1.47. The first-order chi connectivity index (χ1) is 9.41. The van der Waals surface area contributed by atoms with Crippen LogP contribution in [0, 0.1) is 11.6 Å². The van der Waals surface area contributed by atoms with Gasteiger partial charge in [0.15, 0.2) is 0 Å². The molecule has 0 fully saturated rings. The average molecular weight is 296 g/mol. The number of rotatable bonds is 4. The fourth-order valence-corrected chi connectivity index (χ4v) is 2.24. The van der Waals surface area contributed by atoms with Gasteiger partial charge in [-0.15, -0.1) is 0 Å². The second kappa shape index (κ2) is 5.67. The standard InChI is InChI=1S/C15H12ClF2NO/c1-15(14(16)20,9-10-2-4-19-5-3-10)11-6-12(17)8-13(18)7-11/h2-8H,9H2,1H3. The van der Waals surface area contributed by atoms with Gasteiger partial charge in [0.2, 0.25) is 5.24 Å². The molecule has 0 aliphatic carbocycles. The minimum Gasteiger partial charge on any atom is -0.280 e. The maximum atomic E-state index is 13.4. The predicted octanol–water partition coefficient (Wildman–Crippen LogP) is 3.63. The van der Waals surface area contributed by atoms with Crippen LogP contribution in [0.15, 0.2) is 42.7 Å².